The first-order valence-corrected chi connectivity index (χ1v) is 7.25. The van der Waals surface area contributed by atoms with E-state index in [4.69, 9.17) is 4.98 Å². The Balaban J connectivity index is 1.94. The van der Waals surface area contributed by atoms with Crippen LogP contribution < -0.4 is 0 Å². The Kier molecular flexibility index (Phi) is 2.96. The van der Waals surface area contributed by atoms with Crippen molar-refractivity contribution < 1.29 is 5.11 Å². The van der Waals surface area contributed by atoms with Gasteiger partial charge >= 0.3 is 0 Å². The number of aliphatic hydroxyl groups is 1. The topological polar surface area (TPSA) is 33.1 Å². The molecule has 2 aromatic rings. The van der Waals surface area contributed by atoms with Crippen molar-refractivity contribution in [3.63, 3.8) is 0 Å². The van der Waals surface area contributed by atoms with Gasteiger partial charge in [0.25, 0.3) is 0 Å². The fourth-order valence-corrected chi connectivity index (χ4v) is 3.58. The molecule has 1 heterocycles. The Bertz CT molecular complexity index is 552. The SMILES string of the molecule is Cc1cccc(-c2csc(C3(CO)CCC3)n2)c1. The molecule has 94 valence electrons. The molecule has 0 aliphatic heterocycles. The van der Waals surface area contributed by atoms with Crippen LogP contribution in [-0.4, -0.2) is 16.7 Å². The second kappa shape index (κ2) is 4.48. The van der Waals surface area contributed by atoms with Crippen molar-refractivity contribution in [1.29, 1.82) is 0 Å². The van der Waals surface area contributed by atoms with E-state index in [-0.39, 0.29) is 12.0 Å². The van der Waals surface area contributed by atoms with Crippen LogP contribution in [0, 0.1) is 6.92 Å². The lowest BCUT2D eigenvalue weighted by molar-refractivity contribution is 0.120. The van der Waals surface area contributed by atoms with Gasteiger partial charge in [0.1, 0.15) is 5.01 Å². The van der Waals surface area contributed by atoms with Crippen LogP contribution in [0.25, 0.3) is 11.3 Å². The van der Waals surface area contributed by atoms with Crippen LogP contribution in [0.1, 0.15) is 29.8 Å². The second-order valence-corrected chi connectivity index (χ2v) is 6.06. The second-order valence-electron chi connectivity index (χ2n) is 5.20. The van der Waals surface area contributed by atoms with Crippen LogP contribution in [0.5, 0.6) is 0 Å². The summed E-state index contributed by atoms with van der Waals surface area (Å²) in [7, 11) is 0. The first kappa shape index (κ1) is 11.9. The van der Waals surface area contributed by atoms with E-state index in [1.807, 2.05) is 0 Å². The third-order valence-corrected chi connectivity index (χ3v) is 4.97. The lowest BCUT2D eigenvalue weighted by atomic mass is 9.70. The molecule has 1 saturated carbocycles. The summed E-state index contributed by atoms with van der Waals surface area (Å²) in [5, 5.41) is 12.8. The van der Waals surface area contributed by atoms with Crippen LogP contribution in [0.15, 0.2) is 29.6 Å². The first-order chi connectivity index (χ1) is 8.73. The monoisotopic (exact) mass is 259 g/mol. The molecule has 0 saturated heterocycles. The summed E-state index contributed by atoms with van der Waals surface area (Å²) in [5.74, 6) is 0. The van der Waals surface area contributed by atoms with Gasteiger partial charge < -0.3 is 5.11 Å². The van der Waals surface area contributed by atoms with Gasteiger partial charge in [0.2, 0.25) is 0 Å². The van der Waals surface area contributed by atoms with E-state index in [0.29, 0.717) is 0 Å². The fraction of sp³-hybridized carbons (Fsp3) is 0.400. The van der Waals surface area contributed by atoms with Crippen molar-refractivity contribution in [2.75, 3.05) is 6.61 Å². The molecule has 1 aliphatic rings. The van der Waals surface area contributed by atoms with Gasteiger partial charge in [-0.05, 0) is 25.8 Å². The number of nitrogens with zero attached hydrogens (tertiary/aromatic N) is 1. The van der Waals surface area contributed by atoms with E-state index in [1.165, 1.54) is 17.5 Å². The van der Waals surface area contributed by atoms with Crippen molar-refractivity contribution in [2.45, 2.75) is 31.6 Å². The molecule has 1 N–H and O–H groups in total. The molecule has 3 heteroatoms. The Morgan fingerprint density at radius 1 is 1.39 bits per heavy atom. The molecule has 1 fully saturated rings. The molecule has 3 rings (SSSR count). The van der Waals surface area contributed by atoms with E-state index >= 15 is 0 Å². The molecule has 1 aromatic heterocycles. The molecule has 0 radical (unpaired) electrons. The minimum absolute atomic E-state index is 0.0350. The lowest BCUT2D eigenvalue weighted by Crippen LogP contribution is -2.37. The number of rotatable bonds is 3. The average Bonchev–Trinajstić information content (AvgIpc) is 2.78. The highest BCUT2D eigenvalue weighted by Crippen LogP contribution is 2.45. The van der Waals surface area contributed by atoms with Crippen LogP contribution in [0.2, 0.25) is 0 Å². The Morgan fingerprint density at radius 3 is 2.83 bits per heavy atom. The van der Waals surface area contributed by atoms with E-state index in [0.717, 1.165) is 23.5 Å². The number of hydrogen-bond donors (Lipinski definition) is 1. The van der Waals surface area contributed by atoms with Gasteiger partial charge in [0, 0.05) is 16.4 Å². The predicted molar refractivity (Wildman–Crippen MR) is 74.9 cm³/mol. The maximum absolute atomic E-state index is 9.58. The summed E-state index contributed by atoms with van der Waals surface area (Å²) in [4.78, 5) is 4.75. The molecule has 18 heavy (non-hydrogen) atoms. The minimum atomic E-state index is -0.0350. The molecular formula is C15H17NOS. The summed E-state index contributed by atoms with van der Waals surface area (Å²) >= 11 is 1.69. The third-order valence-electron chi connectivity index (χ3n) is 3.89. The Labute approximate surface area is 111 Å². The van der Waals surface area contributed by atoms with Crippen molar-refractivity contribution in [2.24, 2.45) is 0 Å². The quantitative estimate of drug-likeness (QED) is 0.914. The van der Waals surface area contributed by atoms with Gasteiger partial charge in [-0.2, -0.15) is 0 Å². The number of aromatic nitrogens is 1. The van der Waals surface area contributed by atoms with Crippen LogP contribution >= 0.6 is 11.3 Å². The lowest BCUT2D eigenvalue weighted by Gasteiger charge is -2.38. The predicted octanol–water partition coefficient (Wildman–Crippen LogP) is 3.53. The van der Waals surface area contributed by atoms with Gasteiger partial charge in [0.15, 0.2) is 0 Å². The van der Waals surface area contributed by atoms with E-state index in [2.05, 4.69) is 36.6 Å². The number of aliphatic hydroxyl groups excluding tert-OH is 1. The molecule has 0 unspecified atom stereocenters. The minimum Gasteiger partial charge on any atom is -0.395 e. The summed E-state index contributed by atoms with van der Waals surface area (Å²) < 4.78 is 0. The highest BCUT2D eigenvalue weighted by molar-refractivity contribution is 7.10. The fourth-order valence-electron chi connectivity index (χ4n) is 2.50. The summed E-state index contributed by atoms with van der Waals surface area (Å²) in [6, 6.07) is 8.41. The maximum Gasteiger partial charge on any atom is 0.102 e. The van der Waals surface area contributed by atoms with Gasteiger partial charge in [0.05, 0.1) is 12.3 Å². The number of hydrogen-bond acceptors (Lipinski definition) is 3. The van der Waals surface area contributed by atoms with Crippen molar-refractivity contribution in [3.05, 3.63) is 40.2 Å². The molecule has 0 bridgehead atoms. The van der Waals surface area contributed by atoms with Crippen molar-refractivity contribution >= 4 is 11.3 Å². The normalized spacial score (nSPS) is 17.4. The van der Waals surface area contributed by atoms with E-state index < -0.39 is 0 Å². The van der Waals surface area contributed by atoms with Crippen LogP contribution in [0.4, 0.5) is 0 Å². The molecule has 0 atom stereocenters. The van der Waals surface area contributed by atoms with E-state index in [1.54, 1.807) is 11.3 Å². The van der Waals surface area contributed by atoms with Gasteiger partial charge in [-0.3, -0.25) is 0 Å². The highest BCUT2D eigenvalue weighted by atomic mass is 32.1. The molecule has 1 aromatic carbocycles. The summed E-state index contributed by atoms with van der Waals surface area (Å²) in [5.41, 5.74) is 3.43. The zero-order valence-electron chi connectivity index (χ0n) is 10.5. The first-order valence-electron chi connectivity index (χ1n) is 6.37. The standard InChI is InChI=1S/C15H17NOS/c1-11-4-2-5-12(8-11)13-9-18-14(16-13)15(10-17)6-3-7-15/h2,4-5,8-9,17H,3,6-7,10H2,1H3. The van der Waals surface area contributed by atoms with Crippen LogP contribution in [0.3, 0.4) is 0 Å². The van der Waals surface area contributed by atoms with Crippen molar-refractivity contribution in [1.82, 2.24) is 4.98 Å². The van der Waals surface area contributed by atoms with Crippen molar-refractivity contribution in [3.8, 4) is 11.3 Å². The van der Waals surface area contributed by atoms with Gasteiger partial charge in [-0.1, -0.05) is 30.2 Å². The molecule has 0 spiro atoms. The van der Waals surface area contributed by atoms with Gasteiger partial charge in [-0.15, -0.1) is 11.3 Å². The third kappa shape index (κ3) is 1.88. The molecular weight excluding hydrogens is 242 g/mol. The Morgan fingerprint density at radius 2 is 2.22 bits per heavy atom. The zero-order chi connectivity index (χ0) is 12.6. The van der Waals surface area contributed by atoms with Gasteiger partial charge in [-0.25, -0.2) is 4.98 Å². The molecule has 1 aliphatic carbocycles. The van der Waals surface area contributed by atoms with E-state index in [9.17, 15) is 5.11 Å². The van der Waals surface area contributed by atoms with Crippen LogP contribution in [-0.2, 0) is 5.41 Å². The number of thiazole rings is 1. The number of benzene rings is 1. The highest BCUT2D eigenvalue weighted by Gasteiger charge is 2.40. The smallest absolute Gasteiger partial charge is 0.102 e. The largest absolute Gasteiger partial charge is 0.395 e. The average molecular weight is 259 g/mol. The zero-order valence-corrected chi connectivity index (χ0v) is 11.3. The molecule has 0 amide bonds. The molecule has 2 nitrogen and oxygen atoms in total. The number of aryl methyl sites for hydroxylation is 1. The summed E-state index contributed by atoms with van der Waals surface area (Å²) in [6.07, 6.45) is 3.36. The maximum atomic E-state index is 9.58. The summed E-state index contributed by atoms with van der Waals surface area (Å²) in [6.45, 7) is 2.33. The Hall–Kier alpha value is -1.19.